The molecular weight excluding hydrogens is 236 g/mol. The fourth-order valence-corrected chi connectivity index (χ4v) is 2.44. The largest absolute Gasteiger partial charge is 0.296 e. The Morgan fingerprint density at radius 3 is 2.13 bits per heavy atom. The Bertz CT molecular complexity index is 620. The second-order valence-electron chi connectivity index (χ2n) is 3.10. The minimum Gasteiger partial charge on any atom is -0.282 e. The summed E-state index contributed by atoms with van der Waals surface area (Å²) in [4.78, 5) is -0.261. The van der Waals surface area contributed by atoms with Gasteiger partial charge in [0, 0.05) is 0 Å². The van der Waals surface area contributed by atoms with Gasteiger partial charge in [-0.25, -0.2) is 0 Å². The van der Waals surface area contributed by atoms with Crippen molar-refractivity contribution in [1.82, 2.24) is 0 Å². The van der Waals surface area contributed by atoms with Crippen LogP contribution in [0.2, 0.25) is 5.02 Å². The molecule has 0 radical (unpaired) electrons. The van der Waals surface area contributed by atoms with Crippen molar-refractivity contribution in [1.29, 1.82) is 0 Å². The third-order valence-electron chi connectivity index (χ3n) is 2.08. The van der Waals surface area contributed by atoms with Crippen LogP contribution in [0.25, 0.3) is 10.8 Å². The van der Waals surface area contributed by atoms with Gasteiger partial charge in [0.25, 0.3) is 10.1 Å². The van der Waals surface area contributed by atoms with Crippen LogP contribution in [0.4, 0.5) is 0 Å². The first kappa shape index (κ1) is 10.4. The standard InChI is InChI=1S/C10H7ClO3S/c11-9-5-7-3-1-2-4-8(7)6-10(9)15(12,13)14/h1-6H,(H,12,13,14). The van der Waals surface area contributed by atoms with Crippen molar-refractivity contribution in [2.75, 3.05) is 0 Å². The Morgan fingerprint density at radius 2 is 1.60 bits per heavy atom. The maximum Gasteiger partial charge on any atom is 0.296 e. The number of rotatable bonds is 1. The number of hydrogen-bond acceptors (Lipinski definition) is 2. The van der Waals surface area contributed by atoms with Crippen molar-refractivity contribution in [3.63, 3.8) is 0 Å². The molecule has 0 aliphatic rings. The zero-order chi connectivity index (χ0) is 11.1. The number of hydrogen-bond donors (Lipinski definition) is 1. The molecule has 78 valence electrons. The number of fused-ring (bicyclic) bond motifs is 1. The van der Waals surface area contributed by atoms with Gasteiger partial charge in [-0.05, 0) is 22.9 Å². The predicted molar refractivity (Wildman–Crippen MR) is 58.8 cm³/mol. The average molecular weight is 243 g/mol. The van der Waals surface area contributed by atoms with E-state index in [0.717, 1.165) is 10.8 Å². The molecule has 0 aliphatic heterocycles. The van der Waals surface area contributed by atoms with E-state index in [1.54, 1.807) is 12.1 Å². The fourth-order valence-electron chi connectivity index (χ4n) is 1.39. The molecule has 0 amide bonds. The van der Waals surface area contributed by atoms with Crippen LogP contribution < -0.4 is 0 Å². The highest BCUT2D eigenvalue weighted by molar-refractivity contribution is 7.86. The Hall–Kier alpha value is -1.10. The lowest BCUT2D eigenvalue weighted by Gasteiger charge is -2.03. The second kappa shape index (κ2) is 3.48. The van der Waals surface area contributed by atoms with Gasteiger partial charge in [0.15, 0.2) is 0 Å². The first-order chi connectivity index (χ1) is 6.98. The molecule has 2 rings (SSSR count). The van der Waals surface area contributed by atoms with E-state index in [9.17, 15) is 8.42 Å². The van der Waals surface area contributed by atoms with E-state index in [0.29, 0.717) is 0 Å². The highest BCUT2D eigenvalue weighted by Crippen LogP contribution is 2.27. The van der Waals surface area contributed by atoms with Crippen LogP contribution in [0, 0.1) is 0 Å². The summed E-state index contributed by atoms with van der Waals surface area (Å²) in [5, 5.41) is 1.57. The molecule has 1 N–H and O–H groups in total. The summed E-state index contributed by atoms with van der Waals surface area (Å²) in [6.45, 7) is 0. The minimum atomic E-state index is -4.26. The Kier molecular flexibility index (Phi) is 2.42. The van der Waals surface area contributed by atoms with E-state index in [2.05, 4.69) is 0 Å². The van der Waals surface area contributed by atoms with Gasteiger partial charge >= 0.3 is 0 Å². The molecule has 0 aliphatic carbocycles. The molecule has 0 heterocycles. The van der Waals surface area contributed by atoms with Crippen molar-refractivity contribution in [3.05, 3.63) is 41.4 Å². The van der Waals surface area contributed by atoms with E-state index in [1.165, 1.54) is 12.1 Å². The van der Waals surface area contributed by atoms with Crippen LogP contribution in [0.3, 0.4) is 0 Å². The van der Waals surface area contributed by atoms with E-state index in [1.807, 2.05) is 12.1 Å². The topological polar surface area (TPSA) is 54.4 Å². The van der Waals surface area contributed by atoms with E-state index in [4.69, 9.17) is 16.2 Å². The van der Waals surface area contributed by atoms with Gasteiger partial charge in [-0.3, -0.25) is 4.55 Å². The summed E-state index contributed by atoms with van der Waals surface area (Å²) >= 11 is 5.75. The Morgan fingerprint density at radius 1 is 1.07 bits per heavy atom. The Balaban J connectivity index is 2.84. The lowest BCUT2D eigenvalue weighted by molar-refractivity contribution is 0.483. The maximum absolute atomic E-state index is 11.0. The summed E-state index contributed by atoms with van der Waals surface area (Å²) < 4.78 is 30.9. The van der Waals surface area contributed by atoms with E-state index >= 15 is 0 Å². The zero-order valence-corrected chi connectivity index (χ0v) is 9.09. The molecule has 0 bridgehead atoms. The van der Waals surface area contributed by atoms with Crippen LogP contribution in [-0.4, -0.2) is 13.0 Å². The first-order valence-corrected chi connectivity index (χ1v) is 5.96. The zero-order valence-electron chi connectivity index (χ0n) is 7.51. The monoisotopic (exact) mass is 242 g/mol. The summed E-state index contributed by atoms with van der Waals surface area (Å²) in [6.07, 6.45) is 0. The van der Waals surface area contributed by atoms with Crippen LogP contribution in [0.15, 0.2) is 41.3 Å². The quantitative estimate of drug-likeness (QED) is 0.783. The lowest BCUT2D eigenvalue weighted by atomic mass is 10.1. The summed E-state index contributed by atoms with van der Waals surface area (Å²) in [5.41, 5.74) is 0. The molecular formula is C10H7ClO3S. The van der Waals surface area contributed by atoms with Crippen LogP contribution >= 0.6 is 11.6 Å². The molecule has 0 aromatic heterocycles. The predicted octanol–water partition coefficient (Wildman–Crippen LogP) is 2.74. The molecule has 0 saturated heterocycles. The van der Waals surface area contributed by atoms with Gasteiger partial charge in [0.2, 0.25) is 0 Å². The third kappa shape index (κ3) is 1.97. The Labute approximate surface area is 92.0 Å². The van der Waals surface area contributed by atoms with Gasteiger partial charge in [0.05, 0.1) is 5.02 Å². The van der Waals surface area contributed by atoms with E-state index in [-0.39, 0.29) is 9.92 Å². The molecule has 3 nitrogen and oxygen atoms in total. The molecule has 0 spiro atoms. The normalized spacial score (nSPS) is 11.9. The molecule has 2 aromatic carbocycles. The van der Waals surface area contributed by atoms with Crippen molar-refractivity contribution in [3.8, 4) is 0 Å². The molecule has 5 heteroatoms. The second-order valence-corrected chi connectivity index (χ2v) is 4.90. The van der Waals surface area contributed by atoms with Crippen LogP contribution in [0.1, 0.15) is 0 Å². The van der Waals surface area contributed by atoms with Crippen molar-refractivity contribution in [2.24, 2.45) is 0 Å². The van der Waals surface area contributed by atoms with Crippen LogP contribution in [0.5, 0.6) is 0 Å². The van der Waals surface area contributed by atoms with Gasteiger partial charge in [-0.1, -0.05) is 35.9 Å². The van der Waals surface area contributed by atoms with Gasteiger partial charge in [0.1, 0.15) is 4.90 Å². The lowest BCUT2D eigenvalue weighted by Crippen LogP contribution is -1.98. The maximum atomic E-state index is 11.0. The average Bonchev–Trinajstić information content (AvgIpc) is 2.15. The molecule has 2 aromatic rings. The number of halogens is 1. The smallest absolute Gasteiger partial charge is 0.282 e. The van der Waals surface area contributed by atoms with Crippen molar-refractivity contribution >= 4 is 32.5 Å². The fraction of sp³-hybridized carbons (Fsp3) is 0. The number of benzene rings is 2. The SMILES string of the molecule is O=S(=O)(O)c1cc2ccccc2cc1Cl. The third-order valence-corrected chi connectivity index (χ3v) is 3.40. The van der Waals surface area contributed by atoms with Gasteiger partial charge in [-0.2, -0.15) is 8.42 Å². The van der Waals surface area contributed by atoms with Crippen molar-refractivity contribution in [2.45, 2.75) is 4.90 Å². The molecule has 15 heavy (non-hydrogen) atoms. The summed E-state index contributed by atoms with van der Waals surface area (Å²) in [7, 11) is -4.26. The summed E-state index contributed by atoms with van der Waals surface area (Å²) in [5.74, 6) is 0. The molecule has 0 saturated carbocycles. The van der Waals surface area contributed by atoms with Gasteiger partial charge in [-0.15, -0.1) is 0 Å². The molecule has 0 unspecified atom stereocenters. The summed E-state index contributed by atoms with van der Waals surface area (Å²) in [6, 6.07) is 10.0. The first-order valence-electron chi connectivity index (χ1n) is 4.14. The van der Waals surface area contributed by atoms with Crippen molar-refractivity contribution < 1.29 is 13.0 Å². The highest BCUT2D eigenvalue weighted by atomic mass is 35.5. The van der Waals surface area contributed by atoms with E-state index < -0.39 is 10.1 Å². The van der Waals surface area contributed by atoms with Gasteiger partial charge < -0.3 is 0 Å². The molecule has 0 fully saturated rings. The minimum absolute atomic E-state index is 0.0243. The molecule has 0 atom stereocenters. The van der Waals surface area contributed by atoms with Crippen LogP contribution in [-0.2, 0) is 10.1 Å². The highest BCUT2D eigenvalue weighted by Gasteiger charge is 2.14.